The van der Waals surface area contributed by atoms with Crippen molar-refractivity contribution in [3.63, 3.8) is 0 Å². The van der Waals surface area contributed by atoms with Crippen LogP contribution in [0.1, 0.15) is 20.3 Å². The Bertz CT molecular complexity index is 440. The number of likely N-dealkylation sites (tertiary alicyclic amines) is 1. The predicted octanol–water partition coefficient (Wildman–Crippen LogP) is 3.21. The average molecular weight is 372 g/mol. The van der Waals surface area contributed by atoms with E-state index in [2.05, 4.69) is 46.7 Å². The highest BCUT2D eigenvalue weighted by molar-refractivity contribution is 14.1. The van der Waals surface area contributed by atoms with Gasteiger partial charge >= 0.3 is 0 Å². The Morgan fingerprint density at radius 1 is 1.37 bits per heavy atom. The lowest BCUT2D eigenvalue weighted by Gasteiger charge is -2.34. The third-order valence-electron chi connectivity index (χ3n) is 3.42. The topological polar surface area (TPSA) is 32.3 Å². The van der Waals surface area contributed by atoms with Gasteiger partial charge in [-0.15, -0.1) is 0 Å². The summed E-state index contributed by atoms with van der Waals surface area (Å²) in [7, 11) is 0. The van der Waals surface area contributed by atoms with Crippen LogP contribution in [-0.4, -0.2) is 30.4 Å². The molecular weight excluding hydrogens is 351 g/mol. The van der Waals surface area contributed by atoms with E-state index in [4.69, 9.17) is 0 Å². The van der Waals surface area contributed by atoms with Crippen molar-refractivity contribution in [1.82, 2.24) is 4.90 Å². The van der Waals surface area contributed by atoms with Gasteiger partial charge in [-0.3, -0.25) is 9.69 Å². The summed E-state index contributed by atoms with van der Waals surface area (Å²) < 4.78 is 1.13. The van der Waals surface area contributed by atoms with Gasteiger partial charge in [0.05, 0.1) is 6.54 Å². The van der Waals surface area contributed by atoms with Gasteiger partial charge < -0.3 is 5.32 Å². The van der Waals surface area contributed by atoms with E-state index in [9.17, 15) is 4.79 Å². The molecule has 0 unspecified atom stereocenters. The van der Waals surface area contributed by atoms with Gasteiger partial charge in [-0.2, -0.15) is 0 Å². The maximum Gasteiger partial charge on any atom is 0.238 e. The second-order valence-electron chi connectivity index (χ2n) is 5.70. The standard InChI is InChI=1S/C15H21IN2O/c1-11-6-12(2)9-18(8-11)10-15(19)17-14-5-3-4-13(16)7-14/h3-5,7,11-12H,6,8-10H2,1-2H3,(H,17,19)/t11-,12-/m0/s1. The van der Waals surface area contributed by atoms with E-state index in [0.717, 1.165) is 22.3 Å². The summed E-state index contributed by atoms with van der Waals surface area (Å²) in [5, 5.41) is 2.97. The van der Waals surface area contributed by atoms with Crippen LogP contribution in [-0.2, 0) is 4.79 Å². The summed E-state index contributed by atoms with van der Waals surface area (Å²) in [5.74, 6) is 1.46. The molecule has 1 aromatic rings. The fourth-order valence-electron chi connectivity index (χ4n) is 2.89. The van der Waals surface area contributed by atoms with Crippen LogP contribution in [0.3, 0.4) is 0 Å². The van der Waals surface area contributed by atoms with Gasteiger partial charge in [-0.05, 0) is 59.0 Å². The molecule has 1 amide bonds. The maximum absolute atomic E-state index is 12.1. The quantitative estimate of drug-likeness (QED) is 0.827. The number of piperidine rings is 1. The van der Waals surface area contributed by atoms with Crippen LogP contribution in [0, 0.1) is 15.4 Å². The molecule has 1 fully saturated rings. The van der Waals surface area contributed by atoms with Crippen LogP contribution in [0.2, 0.25) is 0 Å². The first-order valence-corrected chi connectivity index (χ1v) is 7.88. The van der Waals surface area contributed by atoms with Crippen molar-refractivity contribution < 1.29 is 4.79 Å². The SMILES string of the molecule is C[C@H]1C[C@H](C)CN(CC(=O)Nc2cccc(I)c2)C1. The largest absolute Gasteiger partial charge is 0.325 e. The Kier molecular flexibility index (Phi) is 5.21. The van der Waals surface area contributed by atoms with E-state index in [1.165, 1.54) is 6.42 Å². The lowest BCUT2D eigenvalue weighted by molar-refractivity contribution is -0.117. The Morgan fingerprint density at radius 2 is 2.05 bits per heavy atom. The van der Waals surface area contributed by atoms with Crippen molar-refractivity contribution in [1.29, 1.82) is 0 Å². The molecule has 2 atom stereocenters. The summed E-state index contributed by atoms with van der Waals surface area (Å²) >= 11 is 2.25. The minimum atomic E-state index is 0.0864. The third kappa shape index (κ3) is 4.76. The molecule has 1 aliphatic heterocycles. The zero-order chi connectivity index (χ0) is 13.8. The van der Waals surface area contributed by atoms with Crippen molar-refractivity contribution in [2.24, 2.45) is 11.8 Å². The first-order chi connectivity index (χ1) is 9.02. The number of benzene rings is 1. The molecule has 1 aromatic carbocycles. The van der Waals surface area contributed by atoms with Crippen LogP contribution >= 0.6 is 22.6 Å². The zero-order valence-electron chi connectivity index (χ0n) is 11.5. The second-order valence-corrected chi connectivity index (χ2v) is 6.94. The van der Waals surface area contributed by atoms with Gasteiger partial charge in [-0.25, -0.2) is 0 Å². The summed E-state index contributed by atoms with van der Waals surface area (Å²) in [6.45, 7) is 7.09. The molecule has 0 saturated carbocycles. The molecule has 0 bridgehead atoms. The molecule has 0 spiro atoms. The number of hydrogen-bond acceptors (Lipinski definition) is 2. The summed E-state index contributed by atoms with van der Waals surface area (Å²) in [4.78, 5) is 14.3. The van der Waals surface area contributed by atoms with Gasteiger partial charge in [-0.1, -0.05) is 19.9 Å². The van der Waals surface area contributed by atoms with Gasteiger partial charge in [0.15, 0.2) is 0 Å². The van der Waals surface area contributed by atoms with Gasteiger partial charge in [0.2, 0.25) is 5.91 Å². The number of anilines is 1. The average Bonchev–Trinajstić information content (AvgIpc) is 2.26. The first kappa shape index (κ1) is 14.8. The van der Waals surface area contributed by atoms with E-state index in [1.807, 2.05) is 24.3 Å². The van der Waals surface area contributed by atoms with Crippen molar-refractivity contribution >= 4 is 34.2 Å². The van der Waals surface area contributed by atoms with E-state index in [0.29, 0.717) is 18.4 Å². The van der Waals surface area contributed by atoms with Gasteiger partial charge in [0.1, 0.15) is 0 Å². The highest BCUT2D eigenvalue weighted by Crippen LogP contribution is 2.20. The number of hydrogen-bond donors (Lipinski definition) is 1. The molecule has 3 nitrogen and oxygen atoms in total. The van der Waals surface area contributed by atoms with Crippen molar-refractivity contribution in [3.05, 3.63) is 27.8 Å². The highest BCUT2D eigenvalue weighted by atomic mass is 127. The van der Waals surface area contributed by atoms with Crippen LogP contribution in [0.25, 0.3) is 0 Å². The molecule has 1 heterocycles. The summed E-state index contributed by atoms with van der Waals surface area (Å²) in [6, 6.07) is 7.90. The van der Waals surface area contributed by atoms with Gasteiger partial charge in [0, 0.05) is 22.3 Å². The number of amides is 1. The van der Waals surface area contributed by atoms with Gasteiger partial charge in [0.25, 0.3) is 0 Å². The maximum atomic E-state index is 12.1. The smallest absolute Gasteiger partial charge is 0.238 e. The molecule has 19 heavy (non-hydrogen) atoms. The lowest BCUT2D eigenvalue weighted by atomic mass is 9.92. The number of carbonyl (C=O) groups excluding carboxylic acids is 1. The number of nitrogens with zero attached hydrogens (tertiary/aromatic N) is 1. The number of nitrogens with one attached hydrogen (secondary N) is 1. The van der Waals surface area contributed by atoms with Crippen LogP contribution < -0.4 is 5.32 Å². The third-order valence-corrected chi connectivity index (χ3v) is 4.09. The highest BCUT2D eigenvalue weighted by Gasteiger charge is 2.23. The summed E-state index contributed by atoms with van der Waals surface area (Å²) in [5.41, 5.74) is 0.884. The van der Waals surface area contributed by atoms with Crippen molar-refractivity contribution in [2.75, 3.05) is 25.0 Å². The normalized spacial score (nSPS) is 24.2. The first-order valence-electron chi connectivity index (χ1n) is 6.80. The minimum absolute atomic E-state index is 0.0864. The van der Waals surface area contributed by atoms with Crippen LogP contribution in [0.5, 0.6) is 0 Å². The van der Waals surface area contributed by atoms with E-state index < -0.39 is 0 Å². The predicted molar refractivity (Wildman–Crippen MR) is 87.2 cm³/mol. The molecule has 0 aromatic heterocycles. The molecule has 1 N–H and O–H groups in total. The molecule has 1 saturated heterocycles. The Morgan fingerprint density at radius 3 is 2.68 bits per heavy atom. The molecule has 0 radical (unpaired) electrons. The Labute approximate surface area is 128 Å². The molecule has 0 aliphatic carbocycles. The molecule has 2 rings (SSSR count). The lowest BCUT2D eigenvalue weighted by Crippen LogP contribution is -2.42. The number of halogens is 1. The van der Waals surface area contributed by atoms with E-state index in [-0.39, 0.29) is 5.91 Å². The fraction of sp³-hybridized carbons (Fsp3) is 0.533. The summed E-state index contributed by atoms with van der Waals surface area (Å²) in [6.07, 6.45) is 1.27. The zero-order valence-corrected chi connectivity index (χ0v) is 13.7. The Balaban J connectivity index is 1.87. The molecule has 1 aliphatic rings. The fourth-order valence-corrected chi connectivity index (χ4v) is 3.43. The van der Waals surface area contributed by atoms with Crippen LogP contribution in [0.15, 0.2) is 24.3 Å². The number of rotatable bonds is 3. The minimum Gasteiger partial charge on any atom is -0.325 e. The monoisotopic (exact) mass is 372 g/mol. The Hall–Kier alpha value is -0.620. The molecule has 4 heteroatoms. The molecular formula is C15H21IN2O. The van der Waals surface area contributed by atoms with Crippen molar-refractivity contribution in [3.8, 4) is 0 Å². The second kappa shape index (κ2) is 6.70. The number of carbonyl (C=O) groups is 1. The van der Waals surface area contributed by atoms with E-state index >= 15 is 0 Å². The van der Waals surface area contributed by atoms with Crippen LogP contribution in [0.4, 0.5) is 5.69 Å². The van der Waals surface area contributed by atoms with E-state index in [1.54, 1.807) is 0 Å². The molecule has 104 valence electrons. The van der Waals surface area contributed by atoms with Crippen molar-refractivity contribution in [2.45, 2.75) is 20.3 Å².